The molecule has 0 radical (unpaired) electrons. The zero-order valence-corrected chi connectivity index (χ0v) is 11.2. The highest BCUT2D eigenvalue weighted by atomic mass is 16.5. The number of aryl methyl sites for hydroxylation is 2. The average Bonchev–Trinajstić information content (AvgIpc) is 2.70. The van der Waals surface area contributed by atoms with Gasteiger partial charge in [-0.3, -0.25) is 9.36 Å². The van der Waals surface area contributed by atoms with Crippen molar-refractivity contribution in [1.82, 2.24) is 9.13 Å². The lowest BCUT2D eigenvalue weighted by molar-refractivity contribution is 0.0968. The van der Waals surface area contributed by atoms with E-state index in [2.05, 4.69) is 0 Å². The topological polar surface area (TPSA) is 53.2 Å². The molecule has 2 rings (SSSR count). The Morgan fingerprint density at radius 3 is 2.63 bits per heavy atom. The molecule has 0 fully saturated rings. The van der Waals surface area contributed by atoms with Crippen LogP contribution >= 0.6 is 0 Å². The first-order valence-corrected chi connectivity index (χ1v) is 5.92. The van der Waals surface area contributed by atoms with Crippen molar-refractivity contribution in [2.75, 3.05) is 7.11 Å². The molecule has 1 aromatic heterocycles. The fraction of sp³-hybridized carbons (Fsp3) is 0.286. The summed E-state index contributed by atoms with van der Waals surface area (Å²) in [6.45, 7) is 1.94. The Morgan fingerprint density at radius 2 is 2.05 bits per heavy atom. The number of methoxy groups -OCH3 is 1. The zero-order chi connectivity index (χ0) is 14.0. The average molecular weight is 260 g/mol. The molecular weight excluding hydrogens is 244 g/mol. The number of ketones is 1. The number of carbonyl (C=O) groups excluding carboxylic acids is 1. The third-order valence-corrected chi connectivity index (χ3v) is 2.99. The van der Waals surface area contributed by atoms with Gasteiger partial charge in [-0.15, -0.1) is 0 Å². The van der Waals surface area contributed by atoms with Crippen LogP contribution in [0.3, 0.4) is 0 Å². The van der Waals surface area contributed by atoms with Gasteiger partial charge >= 0.3 is 5.69 Å². The highest BCUT2D eigenvalue weighted by Gasteiger charge is 2.14. The van der Waals surface area contributed by atoms with Crippen molar-refractivity contribution in [3.63, 3.8) is 0 Å². The summed E-state index contributed by atoms with van der Waals surface area (Å²) in [4.78, 5) is 23.9. The number of hydrogen-bond acceptors (Lipinski definition) is 3. The van der Waals surface area contributed by atoms with Gasteiger partial charge in [-0.1, -0.05) is 6.07 Å². The van der Waals surface area contributed by atoms with Crippen LogP contribution in [-0.4, -0.2) is 22.0 Å². The van der Waals surface area contributed by atoms with E-state index in [0.29, 0.717) is 11.3 Å². The highest BCUT2D eigenvalue weighted by molar-refractivity contribution is 5.98. The standard InChI is InChI=1S/C14H16N2O3/c1-10-4-5-11(13(8-10)19-3)12(17)9-16-7-6-15(2)14(16)18/h4-8H,9H2,1-3H3. The Balaban J connectivity index is 2.30. The summed E-state index contributed by atoms with van der Waals surface area (Å²) in [7, 11) is 3.18. The molecule has 1 aromatic carbocycles. The van der Waals surface area contributed by atoms with E-state index in [9.17, 15) is 9.59 Å². The van der Waals surface area contributed by atoms with Crippen molar-refractivity contribution in [2.45, 2.75) is 13.5 Å². The van der Waals surface area contributed by atoms with E-state index in [1.807, 2.05) is 13.0 Å². The number of aromatic nitrogens is 2. The SMILES string of the molecule is COc1cc(C)ccc1C(=O)Cn1ccn(C)c1=O. The molecule has 0 aliphatic carbocycles. The summed E-state index contributed by atoms with van der Waals surface area (Å²) in [5.74, 6) is 0.388. The smallest absolute Gasteiger partial charge is 0.328 e. The molecule has 0 amide bonds. The second-order valence-corrected chi connectivity index (χ2v) is 4.45. The van der Waals surface area contributed by atoms with Crippen LogP contribution in [0.2, 0.25) is 0 Å². The molecule has 0 aliphatic heterocycles. The van der Waals surface area contributed by atoms with E-state index in [1.165, 1.54) is 16.2 Å². The second-order valence-electron chi connectivity index (χ2n) is 4.45. The molecular formula is C14H16N2O3. The fourth-order valence-electron chi connectivity index (χ4n) is 1.90. The van der Waals surface area contributed by atoms with Crippen molar-refractivity contribution >= 4 is 5.78 Å². The number of ether oxygens (including phenoxy) is 1. The number of carbonyl (C=O) groups is 1. The van der Waals surface area contributed by atoms with Crippen LogP contribution < -0.4 is 10.4 Å². The molecule has 2 aromatic rings. The first-order valence-electron chi connectivity index (χ1n) is 5.92. The minimum Gasteiger partial charge on any atom is -0.496 e. The summed E-state index contributed by atoms with van der Waals surface area (Å²) in [5, 5.41) is 0. The van der Waals surface area contributed by atoms with E-state index in [-0.39, 0.29) is 18.0 Å². The van der Waals surface area contributed by atoms with Crippen LogP contribution in [0.25, 0.3) is 0 Å². The molecule has 100 valence electrons. The second kappa shape index (κ2) is 5.14. The summed E-state index contributed by atoms with van der Waals surface area (Å²) in [5.41, 5.74) is 1.30. The quantitative estimate of drug-likeness (QED) is 0.780. The minimum absolute atomic E-state index is 0.0130. The maximum absolute atomic E-state index is 12.2. The number of Topliss-reactive ketones (excluding diaryl/α,β-unsaturated/α-hetero) is 1. The Labute approximate surface area is 111 Å². The molecule has 0 saturated carbocycles. The lowest BCUT2D eigenvalue weighted by Gasteiger charge is -2.08. The van der Waals surface area contributed by atoms with Gasteiger partial charge in [0.1, 0.15) is 5.75 Å². The van der Waals surface area contributed by atoms with E-state index in [0.717, 1.165) is 5.56 Å². The van der Waals surface area contributed by atoms with Gasteiger partial charge < -0.3 is 9.30 Å². The van der Waals surface area contributed by atoms with Crippen molar-refractivity contribution in [2.24, 2.45) is 7.05 Å². The number of hydrogen-bond donors (Lipinski definition) is 0. The molecule has 0 spiro atoms. The highest BCUT2D eigenvalue weighted by Crippen LogP contribution is 2.20. The van der Waals surface area contributed by atoms with E-state index >= 15 is 0 Å². The van der Waals surface area contributed by atoms with Crippen LogP contribution in [0, 0.1) is 6.92 Å². The molecule has 0 unspecified atom stereocenters. The monoisotopic (exact) mass is 260 g/mol. The van der Waals surface area contributed by atoms with Crippen LogP contribution in [0.1, 0.15) is 15.9 Å². The third kappa shape index (κ3) is 2.59. The van der Waals surface area contributed by atoms with Crippen LogP contribution in [0.4, 0.5) is 0 Å². The van der Waals surface area contributed by atoms with Gasteiger partial charge in [0.15, 0.2) is 5.78 Å². The van der Waals surface area contributed by atoms with Gasteiger partial charge in [-0.25, -0.2) is 4.79 Å². The van der Waals surface area contributed by atoms with Crippen molar-refractivity contribution in [3.8, 4) is 5.75 Å². The first-order chi connectivity index (χ1) is 9.02. The predicted molar refractivity (Wildman–Crippen MR) is 71.7 cm³/mol. The maximum Gasteiger partial charge on any atom is 0.328 e. The molecule has 1 heterocycles. The lowest BCUT2D eigenvalue weighted by Crippen LogP contribution is -2.25. The van der Waals surface area contributed by atoms with Crippen LogP contribution in [-0.2, 0) is 13.6 Å². The van der Waals surface area contributed by atoms with E-state index in [4.69, 9.17) is 4.74 Å². The van der Waals surface area contributed by atoms with Crippen molar-refractivity contribution in [1.29, 1.82) is 0 Å². The largest absolute Gasteiger partial charge is 0.496 e. The predicted octanol–water partition coefficient (Wildman–Crippen LogP) is 1.39. The zero-order valence-electron chi connectivity index (χ0n) is 11.2. The Bertz CT molecular complexity index is 668. The van der Waals surface area contributed by atoms with Crippen LogP contribution in [0.15, 0.2) is 35.4 Å². The fourth-order valence-corrected chi connectivity index (χ4v) is 1.90. The molecule has 0 bridgehead atoms. The van der Waals surface area contributed by atoms with Crippen molar-refractivity contribution in [3.05, 3.63) is 52.2 Å². The third-order valence-electron chi connectivity index (χ3n) is 2.99. The van der Waals surface area contributed by atoms with Gasteiger partial charge in [-0.2, -0.15) is 0 Å². The first kappa shape index (κ1) is 13.1. The molecule has 5 heteroatoms. The normalized spacial score (nSPS) is 10.5. The molecule has 0 N–H and O–H groups in total. The number of nitrogens with zero attached hydrogens (tertiary/aromatic N) is 2. The van der Waals surface area contributed by atoms with Gasteiger partial charge in [0.05, 0.1) is 19.2 Å². The summed E-state index contributed by atoms with van der Waals surface area (Å²) in [6, 6.07) is 5.38. The van der Waals surface area contributed by atoms with E-state index < -0.39 is 0 Å². The molecule has 0 aliphatic rings. The number of imidazole rings is 1. The molecule has 0 saturated heterocycles. The number of benzene rings is 1. The Hall–Kier alpha value is -2.30. The Morgan fingerprint density at radius 1 is 1.32 bits per heavy atom. The summed E-state index contributed by atoms with van der Waals surface area (Å²) >= 11 is 0. The molecule has 5 nitrogen and oxygen atoms in total. The van der Waals surface area contributed by atoms with E-state index in [1.54, 1.807) is 31.6 Å². The van der Waals surface area contributed by atoms with Gasteiger partial charge in [0.25, 0.3) is 0 Å². The molecule has 19 heavy (non-hydrogen) atoms. The van der Waals surface area contributed by atoms with Gasteiger partial charge in [0, 0.05) is 19.4 Å². The summed E-state index contributed by atoms with van der Waals surface area (Å²) < 4.78 is 8.01. The lowest BCUT2D eigenvalue weighted by atomic mass is 10.1. The summed E-state index contributed by atoms with van der Waals surface area (Å²) in [6.07, 6.45) is 3.23. The molecule has 0 atom stereocenters. The number of rotatable bonds is 4. The maximum atomic E-state index is 12.2. The van der Waals surface area contributed by atoms with Gasteiger partial charge in [-0.05, 0) is 24.6 Å². The van der Waals surface area contributed by atoms with Gasteiger partial charge in [0.2, 0.25) is 0 Å². The van der Waals surface area contributed by atoms with Crippen LogP contribution in [0.5, 0.6) is 5.75 Å². The Kier molecular flexibility index (Phi) is 3.55. The minimum atomic E-state index is -0.209. The van der Waals surface area contributed by atoms with Crippen molar-refractivity contribution < 1.29 is 9.53 Å².